The summed E-state index contributed by atoms with van der Waals surface area (Å²) >= 11 is 0. The van der Waals surface area contributed by atoms with Crippen molar-refractivity contribution < 1.29 is 89.8 Å². The number of hydrogen-bond donors (Lipinski definition) is 2. The normalized spacial score (nSPS) is 11.1. The molecule has 4 N–H and O–H groups in total. The topological polar surface area (TPSA) is 176 Å². The zero-order valence-corrected chi connectivity index (χ0v) is 18.9. The number of nitrogen functional groups attached to an aromatic ring is 2. The fourth-order valence-electron chi connectivity index (χ4n) is 1.73. The van der Waals surface area contributed by atoms with E-state index in [1.165, 1.54) is 12.1 Å². The average molecular weight is 404 g/mol. The van der Waals surface area contributed by atoms with Crippen LogP contribution in [0.15, 0.2) is 46.2 Å². The molecule has 13 heteroatoms. The maximum atomic E-state index is 11.2. The molecule has 0 aliphatic rings. The largest absolute Gasteiger partial charge is 1.00 e. The molecule has 9 nitrogen and oxygen atoms in total. The molecular formula is C12H10N2Na2O7S2. The quantitative estimate of drug-likeness (QED) is 0.286. The second-order valence-corrected chi connectivity index (χ2v) is 7.12. The summed E-state index contributed by atoms with van der Waals surface area (Å²) in [7, 11) is -9.88. The molecule has 0 fully saturated rings. The monoisotopic (exact) mass is 404 g/mol. The number of nitrogens with two attached hydrogens (primary N) is 2. The third-order valence-electron chi connectivity index (χ3n) is 2.69. The summed E-state index contributed by atoms with van der Waals surface area (Å²) in [5.41, 5.74) is 10.8. The predicted octanol–water partition coefficient (Wildman–Crippen LogP) is -5.54. The van der Waals surface area contributed by atoms with E-state index in [2.05, 4.69) is 0 Å². The van der Waals surface area contributed by atoms with Crippen LogP contribution < -0.4 is 75.3 Å². The second kappa shape index (κ2) is 9.04. The van der Waals surface area contributed by atoms with Crippen LogP contribution in [0.5, 0.6) is 11.5 Å². The molecule has 124 valence electrons. The maximum absolute atomic E-state index is 11.2. The Kier molecular flexibility index (Phi) is 8.92. The van der Waals surface area contributed by atoms with Crippen molar-refractivity contribution in [3.05, 3.63) is 36.4 Å². The van der Waals surface area contributed by atoms with Crippen molar-refractivity contribution >= 4 is 31.6 Å². The Morgan fingerprint density at radius 2 is 1.04 bits per heavy atom. The summed E-state index contributed by atoms with van der Waals surface area (Å²) in [5, 5.41) is 0. The first kappa shape index (κ1) is 24.7. The third-order valence-corrected chi connectivity index (χ3v) is 4.41. The maximum Gasteiger partial charge on any atom is 1.00 e. The van der Waals surface area contributed by atoms with Crippen LogP contribution in [0.25, 0.3) is 0 Å². The van der Waals surface area contributed by atoms with Crippen molar-refractivity contribution in [1.82, 2.24) is 0 Å². The minimum atomic E-state index is -4.94. The van der Waals surface area contributed by atoms with E-state index >= 15 is 0 Å². The molecule has 0 unspecified atom stereocenters. The van der Waals surface area contributed by atoms with Gasteiger partial charge in [-0.15, -0.1) is 0 Å². The molecular weight excluding hydrogens is 394 g/mol. The Morgan fingerprint density at radius 3 is 1.32 bits per heavy atom. The fourth-order valence-corrected chi connectivity index (χ4v) is 3.00. The van der Waals surface area contributed by atoms with Crippen LogP contribution in [-0.2, 0) is 20.2 Å². The Balaban J connectivity index is 0.00000288. The van der Waals surface area contributed by atoms with Gasteiger partial charge in [0.05, 0.1) is 9.79 Å². The van der Waals surface area contributed by atoms with Crippen molar-refractivity contribution in [2.24, 2.45) is 0 Å². The van der Waals surface area contributed by atoms with Crippen LogP contribution in [0.3, 0.4) is 0 Å². The van der Waals surface area contributed by atoms with Crippen LogP contribution in [0.4, 0.5) is 11.4 Å². The summed E-state index contributed by atoms with van der Waals surface area (Å²) in [6.45, 7) is 0. The van der Waals surface area contributed by atoms with E-state index in [1.54, 1.807) is 0 Å². The van der Waals surface area contributed by atoms with E-state index in [0.29, 0.717) is 0 Å². The van der Waals surface area contributed by atoms with Gasteiger partial charge in [-0.05, 0) is 36.4 Å². The van der Waals surface area contributed by atoms with E-state index in [4.69, 9.17) is 16.2 Å². The smallest absolute Gasteiger partial charge is 0.744 e. The molecule has 0 aliphatic carbocycles. The van der Waals surface area contributed by atoms with Gasteiger partial charge in [0, 0.05) is 11.4 Å². The summed E-state index contributed by atoms with van der Waals surface area (Å²) < 4.78 is 72.6. The number of benzene rings is 2. The number of hydrogen-bond acceptors (Lipinski definition) is 9. The molecule has 0 bridgehead atoms. The van der Waals surface area contributed by atoms with E-state index in [0.717, 1.165) is 24.3 Å². The fraction of sp³-hybridized carbons (Fsp3) is 0. The Morgan fingerprint density at radius 1 is 0.720 bits per heavy atom. The van der Waals surface area contributed by atoms with Gasteiger partial charge in [-0.25, -0.2) is 16.8 Å². The van der Waals surface area contributed by atoms with Crippen LogP contribution in [0.1, 0.15) is 0 Å². The first-order chi connectivity index (χ1) is 10.5. The molecule has 0 spiro atoms. The third kappa shape index (κ3) is 6.40. The molecule has 25 heavy (non-hydrogen) atoms. The van der Waals surface area contributed by atoms with Gasteiger partial charge in [0.15, 0.2) is 0 Å². The number of anilines is 2. The molecule has 0 radical (unpaired) electrons. The number of ether oxygens (including phenoxy) is 1. The van der Waals surface area contributed by atoms with Gasteiger partial charge in [0.2, 0.25) is 0 Å². The van der Waals surface area contributed by atoms with E-state index in [1.807, 2.05) is 0 Å². The van der Waals surface area contributed by atoms with E-state index in [-0.39, 0.29) is 70.5 Å². The molecule has 0 atom stereocenters. The summed E-state index contributed by atoms with van der Waals surface area (Å²) in [4.78, 5) is -1.58. The summed E-state index contributed by atoms with van der Waals surface area (Å²) in [6.07, 6.45) is 0. The van der Waals surface area contributed by atoms with Crippen LogP contribution in [-0.4, -0.2) is 25.9 Å². The Hall–Kier alpha value is -0.340. The van der Waals surface area contributed by atoms with E-state index in [9.17, 15) is 25.9 Å². The van der Waals surface area contributed by atoms with Crippen molar-refractivity contribution in [3.8, 4) is 11.5 Å². The standard InChI is InChI=1S/C12H12N2O7S2.2Na/c13-7-1-3-9(11(5-7)22(15,16)17)21-10-4-2-8(14)6-12(10)23(18,19)20;;/h1-6H,13-14H2,(H,15,16,17)(H,18,19,20);;/q;2*+1/p-2. The van der Waals surface area contributed by atoms with Gasteiger partial charge in [-0.2, -0.15) is 0 Å². The minimum Gasteiger partial charge on any atom is -0.744 e. The van der Waals surface area contributed by atoms with Gasteiger partial charge in [0.25, 0.3) is 0 Å². The van der Waals surface area contributed by atoms with Gasteiger partial charge in [-0.3, -0.25) is 0 Å². The Labute approximate surface area is 188 Å². The second-order valence-electron chi connectivity index (χ2n) is 4.42. The Bertz CT molecular complexity index is 899. The molecule has 0 aliphatic heterocycles. The van der Waals surface area contributed by atoms with E-state index < -0.39 is 41.5 Å². The minimum absolute atomic E-state index is 0. The van der Waals surface area contributed by atoms with Crippen LogP contribution >= 0.6 is 0 Å². The average Bonchev–Trinajstić information content (AvgIpc) is 2.40. The molecule has 2 aromatic carbocycles. The molecule has 0 saturated heterocycles. The van der Waals surface area contributed by atoms with Gasteiger partial charge < -0.3 is 25.3 Å². The molecule has 0 saturated carbocycles. The van der Waals surface area contributed by atoms with Crippen LogP contribution in [0, 0.1) is 0 Å². The molecule has 2 aromatic rings. The summed E-state index contributed by atoms with van der Waals surface area (Å²) in [6, 6.07) is 6.34. The van der Waals surface area contributed by atoms with Gasteiger partial charge in [0.1, 0.15) is 31.7 Å². The molecule has 0 heterocycles. The van der Waals surface area contributed by atoms with Crippen molar-refractivity contribution in [2.75, 3.05) is 11.5 Å². The predicted molar refractivity (Wildman–Crippen MR) is 77.7 cm³/mol. The van der Waals surface area contributed by atoms with Crippen molar-refractivity contribution in [1.29, 1.82) is 0 Å². The zero-order chi connectivity index (χ0) is 17.4. The van der Waals surface area contributed by atoms with Gasteiger partial charge in [-0.1, -0.05) is 0 Å². The molecule has 2 rings (SSSR count). The zero-order valence-electron chi connectivity index (χ0n) is 13.3. The first-order valence-electron chi connectivity index (χ1n) is 5.87. The van der Waals surface area contributed by atoms with Gasteiger partial charge >= 0.3 is 59.1 Å². The molecule has 0 aromatic heterocycles. The number of rotatable bonds is 4. The SMILES string of the molecule is Nc1ccc(Oc2ccc(N)cc2S(=O)(=O)[O-])c(S(=O)(=O)[O-])c1.[Na+].[Na+]. The van der Waals surface area contributed by atoms with Crippen molar-refractivity contribution in [3.63, 3.8) is 0 Å². The van der Waals surface area contributed by atoms with Crippen molar-refractivity contribution in [2.45, 2.75) is 9.79 Å². The first-order valence-corrected chi connectivity index (χ1v) is 8.69. The summed E-state index contributed by atoms with van der Waals surface area (Å²) in [5.74, 6) is -0.937. The molecule has 0 amide bonds. The van der Waals surface area contributed by atoms with Crippen LogP contribution in [0.2, 0.25) is 0 Å².